The molecule has 140 valence electrons. The molecule has 1 saturated heterocycles. The number of nitrogens with one attached hydrogen (secondary N) is 2. The van der Waals surface area contributed by atoms with E-state index in [4.69, 9.17) is 5.73 Å². The molecule has 2 rings (SSSR count). The van der Waals surface area contributed by atoms with Gasteiger partial charge >= 0.3 is 0 Å². The average Bonchev–Trinajstić information content (AvgIpc) is 2.92. The van der Waals surface area contributed by atoms with E-state index < -0.39 is 6.04 Å². The molecule has 25 heavy (non-hydrogen) atoms. The minimum atomic E-state index is -0.611. The van der Waals surface area contributed by atoms with Gasteiger partial charge in [-0.05, 0) is 45.8 Å². The van der Waals surface area contributed by atoms with Crippen molar-refractivity contribution in [3.05, 3.63) is 11.8 Å². The lowest BCUT2D eigenvalue weighted by Gasteiger charge is -2.30. The highest BCUT2D eigenvalue weighted by atomic mass is 16.2. The number of carbonyl (C=O) groups excluding carboxylic acids is 2. The SMILES string of the molecule is Cc1cc(NC(=O)CNC(=O)[C@@H](N)C(C)C)n(C2CCN(C)CC2)n1. The van der Waals surface area contributed by atoms with E-state index in [-0.39, 0.29) is 30.3 Å². The number of aryl methyl sites for hydroxylation is 1. The topological polar surface area (TPSA) is 105 Å². The Labute approximate surface area is 149 Å². The number of hydrogen-bond acceptors (Lipinski definition) is 5. The molecule has 4 N–H and O–H groups in total. The Balaban J connectivity index is 1.94. The van der Waals surface area contributed by atoms with Crippen molar-refractivity contribution in [3.8, 4) is 0 Å². The van der Waals surface area contributed by atoms with E-state index in [9.17, 15) is 9.59 Å². The lowest BCUT2D eigenvalue weighted by molar-refractivity contribution is -0.125. The summed E-state index contributed by atoms with van der Waals surface area (Å²) in [5, 5.41) is 9.97. The zero-order valence-electron chi connectivity index (χ0n) is 15.6. The minimum absolute atomic E-state index is 0.0246. The van der Waals surface area contributed by atoms with Crippen molar-refractivity contribution in [2.45, 2.75) is 45.7 Å². The maximum absolute atomic E-state index is 12.2. The normalized spacial score (nSPS) is 17.5. The molecule has 0 spiro atoms. The second kappa shape index (κ2) is 8.44. The number of likely N-dealkylation sites (tertiary alicyclic amines) is 1. The molecule has 0 saturated carbocycles. The Bertz CT molecular complexity index is 604. The molecule has 1 fully saturated rings. The van der Waals surface area contributed by atoms with Crippen LogP contribution in [-0.4, -0.2) is 59.2 Å². The summed E-state index contributed by atoms with van der Waals surface area (Å²) in [6.45, 7) is 7.57. The molecule has 0 unspecified atom stereocenters. The van der Waals surface area contributed by atoms with Crippen LogP contribution in [0.2, 0.25) is 0 Å². The molecule has 1 atom stereocenters. The molecule has 0 radical (unpaired) electrons. The first-order chi connectivity index (χ1) is 11.8. The molecule has 0 bridgehead atoms. The van der Waals surface area contributed by atoms with Gasteiger partial charge in [-0.25, -0.2) is 4.68 Å². The number of carbonyl (C=O) groups is 2. The summed E-state index contributed by atoms with van der Waals surface area (Å²) in [5.41, 5.74) is 6.63. The van der Waals surface area contributed by atoms with Gasteiger partial charge < -0.3 is 21.3 Å². The van der Waals surface area contributed by atoms with Crippen LogP contribution in [0, 0.1) is 12.8 Å². The maximum atomic E-state index is 12.2. The Morgan fingerprint density at radius 1 is 1.36 bits per heavy atom. The molecule has 1 aliphatic heterocycles. The molecule has 8 heteroatoms. The first-order valence-electron chi connectivity index (χ1n) is 8.85. The number of anilines is 1. The Kier molecular flexibility index (Phi) is 6.55. The van der Waals surface area contributed by atoms with Gasteiger partial charge in [0.1, 0.15) is 5.82 Å². The molecule has 8 nitrogen and oxygen atoms in total. The zero-order chi connectivity index (χ0) is 18.6. The van der Waals surface area contributed by atoms with Crippen LogP contribution < -0.4 is 16.4 Å². The number of nitrogens with zero attached hydrogens (tertiary/aromatic N) is 3. The van der Waals surface area contributed by atoms with Gasteiger partial charge in [-0.1, -0.05) is 13.8 Å². The quantitative estimate of drug-likeness (QED) is 0.693. The summed E-state index contributed by atoms with van der Waals surface area (Å²) in [5.74, 6) is 0.111. The van der Waals surface area contributed by atoms with Crippen LogP contribution in [0.4, 0.5) is 5.82 Å². The number of hydrogen-bond donors (Lipinski definition) is 3. The predicted octanol–water partition coefficient (Wildman–Crippen LogP) is 0.496. The fourth-order valence-electron chi connectivity index (χ4n) is 2.90. The summed E-state index contributed by atoms with van der Waals surface area (Å²) in [7, 11) is 2.11. The third-order valence-electron chi connectivity index (χ3n) is 4.60. The van der Waals surface area contributed by atoms with Gasteiger partial charge in [0, 0.05) is 6.07 Å². The largest absolute Gasteiger partial charge is 0.346 e. The second-order valence-corrected chi connectivity index (χ2v) is 7.19. The van der Waals surface area contributed by atoms with E-state index in [2.05, 4.69) is 27.7 Å². The molecule has 2 amide bonds. The third-order valence-corrected chi connectivity index (χ3v) is 4.60. The first-order valence-corrected chi connectivity index (χ1v) is 8.85. The summed E-state index contributed by atoms with van der Waals surface area (Å²) in [4.78, 5) is 26.3. The first kappa shape index (κ1) is 19.4. The van der Waals surface area contributed by atoms with E-state index in [0.29, 0.717) is 5.82 Å². The Morgan fingerprint density at radius 3 is 2.60 bits per heavy atom. The number of piperidine rings is 1. The number of amides is 2. The van der Waals surface area contributed by atoms with E-state index in [1.807, 2.05) is 31.5 Å². The lowest BCUT2D eigenvalue weighted by Crippen LogP contribution is -2.46. The molecule has 1 aromatic heterocycles. The van der Waals surface area contributed by atoms with Crippen LogP contribution in [0.25, 0.3) is 0 Å². The van der Waals surface area contributed by atoms with Crippen molar-refractivity contribution < 1.29 is 9.59 Å². The number of aromatic nitrogens is 2. The Morgan fingerprint density at radius 2 is 2.00 bits per heavy atom. The van der Waals surface area contributed by atoms with E-state index in [0.717, 1.165) is 31.6 Å². The molecule has 0 aromatic carbocycles. The lowest BCUT2D eigenvalue weighted by atomic mass is 10.1. The van der Waals surface area contributed by atoms with Crippen molar-refractivity contribution >= 4 is 17.6 Å². The van der Waals surface area contributed by atoms with Gasteiger partial charge in [0.2, 0.25) is 11.8 Å². The van der Waals surface area contributed by atoms with Crippen LogP contribution >= 0.6 is 0 Å². The van der Waals surface area contributed by atoms with Gasteiger partial charge in [0.05, 0.1) is 24.3 Å². The van der Waals surface area contributed by atoms with Crippen molar-refractivity contribution in [1.29, 1.82) is 0 Å². The van der Waals surface area contributed by atoms with Crippen molar-refractivity contribution in [2.24, 2.45) is 11.7 Å². The van der Waals surface area contributed by atoms with Gasteiger partial charge in [0.25, 0.3) is 0 Å². The summed E-state index contributed by atoms with van der Waals surface area (Å²) in [6.07, 6.45) is 2.00. The van der Waals surface area contributed by atoms with Gasteiger partial charge in [-0.15, -0.1) is 0 Å². The summed E-state index contributed by atoms with van der Waals surface area (Å²) < 4.78 is 1.90. The van der Waals surface area contributed by atoms with Gasteiger partial charge in [-0.2, -0.15) is 5.10 Å². The second-order valence-electron chi connectivity index (χ2n) is 7.19. The summed E-state index contributed by atoms with van der Waals surface area (Å²) >= 11 is 0. The van der Waals surface area contributed by atoms with Crippen LogP contribution in [0.5, 0.6) is 0 Å². The highest BCUT2D eigenvalue weighted by Gasteiger charge is 2.23. The van der Waals surface area contributed by atoms with Gasteiger partial charge in [-0.3, -0.25) is 9.59 Å². The minimum Gasteiger partial charge on any atom is -0.346 e. The molecule has 1 aliphatic rings. The molecular weight excluding hydrogens is 320 g/mol. The number of rotatable bonds is 6. The fourth-order valence-corrected chi connectivity index (χ4v) is 2.90. The predicted molar refractivity (Wildman–Crippen MR) is 97.2 cm³/mol. The highest BCUT2D eigenvalue weighted by molar-refractivity contribution is 5.94. The smallest absolute Gasteiger partial charge is 0.244 e. The standard InChI is InChI=1S/C17H30N6O2/c1-11(2)16(18)17(25)19-10-15(24)20-14-9-12(3)21-23(14)13-5-7-22(4)8-6-13/h9,11,13,16H,5-8,10,18H2,1-4H3,(H,19,25)(H,20,24)/t16-/m0/s1. The van der Waals surface area contributed by atoms with Crippen LogP contribution in [-0.2, 0) is 9.59 Å². The maximum Gasteiger partial charge on any atom is 0.244 e. The van der Waals surface area contributed by atoms with E-state index in [1.165, 1.54) is 0 Å². The van der Waals surface area contributed by atoms with Crippen molar-refractivity contribution in [3.63, 3.8) is 0 Å². The van der Waals surface area contributed by atoms with E-state index in [1.54, 1.807) is 0 Å². The van der Waals surface area contributed by atoms with Crippen LogP contribution in [0.15, 0.2) is 6.07 Å². The number of nitrogens with two attached hydrogens (primary N) is 1. The average molecular weight is 350 g/mol. The molecule has 0 aliphatic carbocycles. The Hall–Kier alpha value is -1.93. The molecule has 1 aromatic rings. The van der Waals surface area contributed by atoms with E-state index >= 15 is 0 Å². The van der Waals surface area contributed by atoms with Crippen LogP contribution in [0.1, 0.15) is 38.4 Å². The van der Waals surface area contributed by atoms with Gasteiger partial charge in [0.15, 0.2) is 0 Å². The van der Waals surface area contributed by atoms with Crippen LogP contribution in [0.3, 0.4) is 0 Å². The summed E-state index contributed by atoms with van der Waals surface area (Å²) in [6, 6.07) is 1.53. The monoisotopic (exact) mass is 350 g/mol. The van der Waals surface area contributed by atoms with Crippen molar-refractivity contribution in [2.75, 3.05) is 32.0 Å². The molecular formula is C17H30N6O2. The van der Waals surface area contributed by atoms with Crippen molar-refractivity contribution in [1.82, 2.24) is 20.0 Å². The zero-order valence-corrected chi connectivity index (χ0v) is 15.6. The highest BCUT2D eigenvalue weighted by Crippen LogP contribution is 2.25. The third kappa shape index (κ3) is 5.27. The molecule has 2 heterocycles. The fraction of sp³-hybridized carbons (Fsp3) is 0.706.